The summed E-state index contributed by atoms with van der Waals surface area (Å²) in [6.45, 7) is 0. The third kappa shape index (κ3) is 4.91. The fourth-order valence-electron chi connectivity index (χ4n) is 2.24. The van der Waals surface area contributed by atoms with Crippen molar-refractivity contribution in [3.05, 3.63) is 42.0 Å². The number of hydrogen-bond donors (Lipinski definition) is 0. The molecule has 0 heterocycles. The van der Waals surface area contributed by atoms with Crippen molar-refractivity contribution >= 4 is 31.8 Å². The molecule has 0 atom stereocenters. The lowest BCUT2D eigenvalue weighted by molar-refractivity contribution is -0.382. The quantitative estimate of drug-likeness (QED) is 0.331. The van der Waals surface area contributed by atoms with Crippen LogP contribution in [0.1, 0.15) is 5.56 Å². The second-order valence-electron chi connectivity index (χ2n) is 6.20. The topological polar surface area (TPSA) is 81.0 Å². The molecule has 0 aliphatic heterocycles. The standard InChI is InChI=1S/C13H12NS.C4HF9O3S/c1-15(2)13-8-7-10(9-14)11-5-3-4-6-12(11)13;5-1(6,3(9,10)11)2(7,8)4(12,13)17(14,15)16/h3-8H,1-2H3;(H,14,15,16)/q+1;/p-1. The Bertz CT molecular complexity index is 1120. The molecule has 0 spiro atoms. The van der Waals surface area contributed by atoms with E-state index in [0.29, 0.717) is 0 Å². The summed E-state index contributed by atoms with van der Waals surface area (Å²) in [5, 5.41) is 4.19. The molecule has 0 bridgehead atoms. The Balaban J connectivity index is 0.000000321. The van der Waals surface area contributed by atoms with E-state index in [-0.39, 0.29) is 10.9 Å². The Labute approximate surface area is 178 Å². The zero-order valence-electron chi connectivity index (χ0n) is 15.9. The van der Waals surface area contributed by atoms with Gasteiger partial charge in [-0.15, -0.1) is 0 Å². The molecule has 0 fully saturated rings. The molecule has 15 heteroatoms. The molecule has 0 unspecified atom stereocenters. The van der Waals surface area contributed by atoms with Gasteiger partial charge in [-0.1, -0.05) is 18.2 Å². The molecule has 0 saturated heterocycles. The zero-order valence-corrected chi connectivity index (χ0v) is 17.5. The molecule has 32 heavy (non-hydrogen) atoms. The molecule has 2 aromatic carbocycles. The smallest absolute Gasteiger partial charge is 0.460 e. The van der Waals surface area contributed by atoms with Crippen LogP contribution in [0.4, 0.5) is 39.5 Å². The van der Waals surface area contributed by atoms with E-state index in [4.69, 9.17) is 5.26 Å². The van der Waals surface area contributed by atoms with Crippen molar-refractivity contribution < 1.29 is 52.5 Å². The molecule has 4 nitrogen and oxygen atoms in total. The number of nitrogens with zero attached hydrogens (tertiary/aromatic N) is 1. The van der Waals surface area contributed by atoms with Gasteiger partial charge < -0.3 is 4.55 Å². The third-order valence-corrected chi connectivity index (χ3v) is 5.99. The summed E-state index contributed by atoms with van der Waals surface area (Å²) in [6, 6.07) is 14.4. The lowest BCUT2D eigenvalue weighted by Gasteiger charge is -2.34. The van der Waals surface area contributed by atoms with Gasteiger partial charge in [0.05, 0.1) is 11.6 Å². The predicted molar refractivity (Wildman–Crippen MR) is 96.7 cm³/mol. The van der Waals surface area contributed by atoms with Gasteiger partial charge in [-0.05, 0) is 18.2 Å². The molecule has 0 radical (unpaired) electrons. The molecular formula is C17H12F9NO3S2. The average molecular weight is 513 g/mol. The van der Waals surface area contributed by atoms with E-state index in [2.05, 4.69) is 30.7 Å². The summed E-state index contributed by atoms with van der Waals surface area (Å²) >= 11 is 0. The van der Waals surface area contributed by atoms with E-state index in [1.54, 1.807) is 0 Å². The summed E-state index contributed by atoms with van der Waals surface area (Å²) in [7, 11) is -7.19. The Morgan fingerprint density at radius 3 is 1.69 bits per heavy atom. The van der Waals surface area contributed by atoms with Crippen molar-refractivity contribution in [2.24, 2.45) is 0 Å². The maximum absolute atomic E-state index is 12.2. The Morgan fingerprint density at radius 2 is 1.31 bits per heavy atom. The monoisotopic (exact) mass is 513 g/mol. The van der Waals surface area contributed by atoms with Crippen LogP contribution in [0.25, 0.3) is 10.8 Å². The van der Waals surface area contributed by atoms with Gasteiger partial charge in [0, 0.05) is 21.7 Å². The highest BCUT2D eigenvalue weighted by Gasteiger charge is 2.83. The van der Waals surface area contributed by atoms with Crippen LogP contribution in [-0.2, 0) is 21.0 Å². The largest absolute Gasteiger partial charge is 0.743 e. The summed E-state index contributed by atoms with van der Waals surface area (Å²) in [4.78, 5) is 1.34. The van der Waals surface area contributed by atoms with Gasteiger partial charge >= 0.3 is 23.3 Å². The van der Waals surface area contributed by atoms with Crippen LogP contribution in [0, 0.1) is 11.3 Å². The van der Waals surface area contributed by atoms with Crippen LogP contribution in [0.15, 0.2) is 41.3 Å². The number of fused-ring (bicyclic) bond motifs is 1. The van der Waals surface area contributed by atoms with Crippen LogP contribution in [0.5, 0.6) is 0 Å². The van der Waals surface area contributed by atoms with E-state index in [1.165, 1.54) is 10.3 Å². The van der Waals surface area contributed by atoms with Crippen LogP contribution in [0.3, 0.4) is 0 Å². The molecule has 178 valence electrons. The van der Waals surface area contributed by atoms with Crippen molar-refractivity contribution in [1.29, 1.82) is 5.26 Å². The van der Waals surface area contributed by atoms with E-state index in [1.807, 2.05) is 24.3 Å². The van der Waals surface area contributed by atoms with Crippen LogP contribution in [-0.4, -0.2) is 48.8 Å². The lowest BCUT2D eigenvalue weighted by Crippen LogP contribution is -2.63. The summed E-state index contributed by atoms with van der Waals surface area (Å²) in [6.07, 6.45) is -2.76. The number of rotatable bonds is 4. The van der Waals surface area contributed by atoms with Crippen molar-refractivity contribution in [2.45, 2.75) is 28.2 Å². The fourth-order valence-corrected chi connectivity index (χ4v) is 3.64. The first-order valence-corrected chi connectivity index (χ1v) is 11.3. The van der Waals surface area contributed by atoms with Gasteiger partial charge in [-0.2, -0.15) is 44.8 Å². The number of alkyl halides is 9. The van der Waals surface area contributed by atoms with E-state index >= 15 is 0 Å². The Kier molecular flexibility index (Phi) is 7.82. The molecule has 2 rings (SSSR count). The Morgan fingerprint density at radius 1 is 0.844 bits per heavy atom. The number of halogens is 9. The van der Waals surface area contributed by atoms with Crippen molar-refractivity contribution in [3.63, 3.8) is 0 Å². The van der Waals surface area contributed by atoms with Crippen LogP contribution >= 0.6 is 0 Å². The van der Waals surface area contributed by atoms with E-state index in [9.17, 15) is 52.5 Å². The van der Waals surface area contributed by atoms with Crippen LogP contribution < -0.4 is 0 Å². The van der Waals surface area contributed by atoms with Gasteiger partial charge in [0.15, 0.2) is 15.0 Å². The Hall–Kier alpha value is -2.18. The highest BCUT2D eigenvalue weighted by Crippen LogP contribution is 2.54. The normalized spacial score (nSPS) is 13.5. The second kappa shape index (κ2) is 8.99. The molecule has 2 aromatic rings. The zero-order chi connectivity index (χ0) is 25.3. The first-order chi connectivity index (χ1) is 14.2. The van der Waals surface area contributed by atoms with Gasteiger partial charge in [0.1, 0.15) is 12.5 Å². The maximum Gasteiger partial charge on any atom is 0.460 e. The lowest BCUT2D eigenvalue weighted by atomic mass is 10.1. The predicted octanol–water partition coefficient (Wildman–Crippen LogP) is 4.91. The summed E-state index contributed by atoms with van der Waals surface area (Å²) < 4.78 is 135. The van der Waals surface area contributed by atoms with Gasteiger partial charge in [0.2, 0.25) is 0 Å². The van der Waals surface area contributed by atoms with Gasteiger partial charge in [-0.25, -0.2) is 8.42 Å². The highest BCUT2D eigenvalue weighted by molar-refractivity contribution is 7.95. The minimum absolute atomic E-state index is 0.227. The molecule has 0 aromatic heterocycles. The van der Waals surface area contributed by atoms with Gasteiger partial charge in [0.25, 0.3) is 0 Å². The maximum atomic E-state index is 12.2. The average Bonchev–Trinajstić information content (AvgIpc) is 2.65. The van der Waals surface area contributed by atoms with Crippen molar-refractivity contribution in [3.8, 4) is 6.07 Å². The molecule has 0 N–H and O–H groups in total. The van der Waals surface area contributed by atoms with E-state index < -0.39 is 33.4 Å². The second-order valence-corrected chi connectivity index (χ2v) is 9.70. The number of nitriles is 1. The highest BCUT2D eigenvalue weighted by atomic mass is 32.2. The first kappa shape index (κ1) is 27.9. The minimum atomic E-state index is -7.43. The molecule has 0 aliphatic carbocycles. The first-order valence-electron chi connectivity index (χ1n) is 7.89. The van der Waals surface area contributed by atoms with Crippen molar-refractivity contribution in [2.75, 3.05) is 12.5 Å². The fraction of sp³-hybridized carbons (Fsp3) is 0.353. The SMILES string of the molecule is C[S+](C)c1ccc(C#N)c2ccccc12.O=S(=O)([O-])C(F)(F)C(F)(F)C(F)(F)C(F)(F)F. The van der Waals surface area contributed by atoms with Crippen molar-refractivity contribution in [1.82, 2.24) is 0 Å². The molecular weight excluding hydrogens is 501 g/mol. The molecule has 0 saturated carbocycles. The minimum Gasteiger partial charge on any atom is -0.743 e. The van der Waals surface area contributed by atoms with Crippen LogP contribution in [0.2, 0.25) is 0 Å². The number of benzene rings is 2. The van der Waals surface area contributed by atoms with E-state index in [0.717, 1.165) is 10.9 Å². The molecule has 0 aliphatic rings. The number of hydrogen-bond acceptors (Lipinski definition) is 4. The molecule has 0 amide bonds. The summed E-state index contributed by atoms with van der Waals surface area (Å²) in [5.41, 5.74) is 0.764. The third-order valence-electron chi connectivity index (χ3n) is 3.87. The summed E-state index contributed by atoms with van der Waals surface area (Å²) in [5.74, 6) is -14.8. The van der Waals surface area contributed by atoms with Gasteiger partial charge in [-0.3, -0.25) is 0 Å².